The van der Waals surface area contributed by atoms with Crippen molar-refractivity contribution >= 4 is 18.0 Å². The third kappa shape index (κ3) is 2.88. The highest BCUT2D eigenvalue weighted by atomic mass is 32.2. The summed E-state index contributed by atoms with van der Waals surface area (Å²) in [6.07, 6.45) is 3.26. The highest BCUT2D eigenvalue weighted by Crippen LogP contribution is 2.27. The Bertz CT molecular complexity index is 590. The lowest BCUT2D eigenvalue weighted by Gasteiger charge is -2.06. The number of hydrogen-bond acceptors (Lipinski definition) is 4. The van der Waals surface area contributed by atoms with Gasteiger partial charge in [0.05, 0.1) is 23.2 Å². The van der Waals surface area contributed by atoms with E-state index in [1.165, 1.54) is 6.21 Å². The number of aryl methyl sites for hydroxylation is 1. The van der Waals surface area contributed by atoms with Gasteiger partial charge in [-0.25, -0.2) is 4.68 Å². The molecule has 0 spiro atoms. The van der Waals surface area contributed by atoms with Crippen LogP contribution in [0.15, 0.2) is 53.2 Å². The molecule has 0 fully saturated rings. The summed E-state index contributed by atoms with van der Waals surface area (Å²) in [7, 11) is 0. The van der Waals surface area contributed by atoms with E-state index in [9.17, 15) is 0 Å². The summed E-state index contributed by atoms with van der Waals surface area (Å²) in [6.45, 7) is 5.62. The number of para-hydroxylation sites is 1. The normalized spacial score (nSPS) is 11.0. The fourth-order valence-electron chi connectivity index (χ4n) is 1.75. The number of oxime groups is 1. The highest BCUT2D eigenvalue weighted by Gasteiger charge is 2.15. The molecule has 1 N–H and O–H groups in total. The van der Waals surface area contributed by atoms with Crippen LogP contribution >= 0.6 is 11.8 Å². The lowest BCUT2D eigenvalue weighted by atomic mass is 10.3. The van der Waals surface area contributed by atoms with Gasteiger partial charge in [-0.1, -0.05) is 29.4 Å². The van der Waals surface area contributed by atoms with E-state index in [-0.39, 0.29) is 0 Å². The fraction of sp³-hybridized carbons (Fsp3) is 0.143. The van der Waals surface area contributed by atoms with E-state index in [1.807, 2.05) is 48.0 Å². The van der Waals surface area contributed by atoms with Gasteiger partial charge in [0.15, 0.2) is 0 Å². The molecule has 19 heavy (non-hydrogen) atoms. The van der Waals surface area contributed by atoms with Crippen LogP contribution in [0.3, 0.4) is 0 Å². The fourth-order valence-corrected chi connectivity index (χ4v) is 2.65. The first-order chi connectivity index (χ1) is 9.27. The predicted molar refractivity (Wildman–Crippen MR) is 78.6 cm³/mol. The molecule has 0 saturated heterocycles. The van der Waals surface area contributed by atoms with Gasteiger partial charge in [0.2, 0.25) is 0 Å². The second kappa shape index (κ2) is 6.24. The van der Waals surface area contributed by atoms with Gasteiger partial charge < -0.3 is 5.21 Å². The molecule has 4 nitrogen and oxygen atoms in total. The molecule has 0 aliphatic heterocycles. The van der Waals surface area contributed by atoms with Crippen LogP contribution in [0, 0.1) is 6.92 Å². The van der Waals surface area contributed by atoms with Crippen LogP contribution in [0.25, 0.3) is 5.69 Å². The van der Waals surface area contributed by atoms with Crippen LogP contribution in [-0.2, 0) is 0 Å². The summed E-state index contributed by atoms with van der Waals surface area (Å²) in [5.41, 5.74) is 2.64. The molecule has 2 rings (SSSR count). The summed E-state index contributed by atoms with van der Waals surface area (Å²) >= 11 is 1.61. The minimum Gasteiger partial charge on any atom is -0.411 e. The maximum absolute atomic E-state index is 8.78. The number of benzene rings is 1. The van der Waals surface area contributed by atoms with Gasteiger partial charge in [-0.2, -0.15) is 5.10 Å². The smallest absolute Gasteiger partial charge is 0.109 e. The van der Waals surface area contributed by atoms with E-state index in [2.05, 4.69) is 16.8 Å². The Morgan fingerprint density at radius 2 is 2.16 bits per heavy atom. The molecule has 0 radical (unpaired) electrons. The topological polar surface area (TPSA) is 50.4 Å². The summed E-state index contributed by atoms with van der Waals surface area (Å²) < 4.78 is 1.86. The summed E-state index contributed by atoms with van der Waals surface area (Å²) in [5.74, 6) is 0.768. The van der Waals surface area contributed by atoms with Gasteiger partial charge in [0, 0.05) is 5.75 Å². The molecule has 0 aliphatic carbocycles. The second-order valence-corrected chi connectivity index (χ2v) is 4.90. The standard InChI is InChI=1S/C14H15N3OS/c1-3-9-19-14-13(10-15-18)11(2)16-17(14)12-7-5-4-6-8-12/h3-8,10,18H,1,9H2,2H3/b15-10+. The molecular weight excluding hydrogens is 258 g/mol. The van der Waals surface area contributed by atoms with Gasteiger partial charge in [-0.05, 0) is 19.1 Å². The molecule has 0 atom stereocenters. The Labute approximate surface area is 116 Å². The predicted octanol–water partition coefficient (Wildman–Crippen LogP) is 3.27. The van der Waals surface area contributed by atoms with Crippen LogP contribution in [0.1, 0.15) is 11.3 Å². The molecular formula is C14H15N3OS. The van der Waals surface area contributed by atoms with Gasteiger partial charge in [-0.3, -0.25) is 0 Å². The summed E-state index contributed by atoms with van der Waals surface area (Å²) in [5, 5.41) is 17.4. The Balaban J connectivity index is 2.53. The van der Waals surface area contributed by atoms with Gasteiger partial charge in [0.1, 0.15) is 5.03 Å². The zero-order chi connectivity index (χ0) is 13.7. The SMILES string of the molecule is C=CCSc1c(/C=N/O)c(C)nn1-c1ccccc1. The molecule has 0 aliphatic rings. The first kappa shape index (κ1) is 13.4. The molecule has 0 unspecified atom stereocenters. The highest BCUT2D eigenvalue weighted by molar-refractivity contribution is 7.99. The Morgan fingerprint density at radius 3 is 2.79 bits per heavy atom. The van der Waals surface area contributed by atoms with Gasteiger partial charge in [-0.15, -0.1) is 18.3 Å². The van der Waals surface area contributed by atoms with Crippen molar-refractivity contribution in [2.45, 2.75) is 11.9 Å². The Morgan fingerprint density at radius 1 is 1.42 bits per heavy atom. The number of hydrogen-bond donors (Lipinski definition) is 1. The summed E-state index contributed by atoms with van der Waals surface area (Å²) in [4.78, 5) is 0. The van der Waals surface area contributed by atoms with Crippen LogP contribution < -0.4 is 0 Å². The third-order valence-corrected chi connectivity index (χ3v) is 3.66. The maximum Gasteiger partial charge on any atom is 0.109 e. The lowest BCUT2D eigenvalue weighted by molar-refractivity contribution is 0.321. The summed E-state index contributed by atoms with van der Waals surface area (Å²) in [6, 6.07) is 9.88. The largest absolute Gasteiger partial charge is 0.411 e. The monoisotopic (exact) mass is 273 g/mol. The minimum atomic E-state index is 0.768. The number of nitrogens with zero attached hydrogens (tertiary/aromatic N) is 3. The van der Waals surface area contributed by atoms with E-state index >= 15 is 0 Å². The van der Waals surface area contributed by atoms with Crippen molar-refractivity contribution in [1.29, 1.82) is 0 Å². The minimum absolute atomic E-state index is 0.768. The second-order valence-electron chi connectivity index (χ2n) is 3.90. The molecule has 1 heterocycles. The Hall–Kier alpha value is -2.01. The molecule has 0 saturated carbocycles. The maximum atomic E-state index is 8.78. The average Bonchev–Trinajstić information content (AvgIpc) is 2.75. The Kier molecular flexibility index (Phi) is 4.41. The zero-order valence-corrected chi connectivity index (χ0v) is 11.5. The molecule has 5 heteroatoms. The lowest BCUT2D eigenvalue weighted by Crippen LogP contribution is -1.98. The molecule has 98 valence electrons. The van der Waals surface area contributed by atoms with E-state index in [4.69, 9.17) is 5.21 Å². The molecule has 1 aromatic carbocycles. The molecule has 0 bridgehead atoms. The van der Waals surface area contributed by atoms with Crippen LogP contribution in [-0.4, -0.2) is 27.0 Å². The van der Waals surface area contributed by atoms with Crippen LogP contribution in [0.4, 0.5) is 0 Å². The molecule has 2 aromatic rings. The van der Waals surface area contributed by atoms with E-state index in [1.54, 1.807) is 11.8 Å². The third-order valence-electron chi connectivity index (χ3n) is 2.59. The quantitative estimate of drug-likeness (QED) is 0.299. The number of aromatic nitrogens is 2. The first-order valence-corrected chi connectivity index (χ1v) is 6.82. The van der Waals surface area contributed by atoms with Crippen molar-refractivity contribution in [2.75, 3.05) is 5.75 Å². The van der Waals surface area contributed by atoms with Gasteiger partial charge in [0.25, 0.3) is 0 Å². The number of thioether (sulfide) groups is 1. The van der Waals surface area contributed by atoms with E-state index in [0.717, 1.165) is 27.7 Å². The van der Waals surface area contributed by atoms with E-state index < -0.39 is 0 Å². The molecule has 0 amide bonds. The zero-order valence-electron chi connectivity index (χ0n) is 10.7. The van der Waals surface area contributed by atoms with Crippen molar-refractivity contribution in [1.82, 2.24) is 9.78 Å². The van der Waals surface area contributed by atoms with Crippen molar-refractivity contribution < 1.29 is 5.21 Å². The van der Waals surface area contributed by atoms with Crippen molar-refractivity contribution in [3.05, 3.63) is 54.2 Å². The van der Waals surface area contributed by atoms with Crippen LogP contribution in [0.2, 0.25) is 0 Å². The number of rotatable bonds is 5. The van der Waals surface area contributed by atoms with Gasteiger partial charge >= 0.3 is 0 Å². The van der Waals surface area contributed by atoms with Crippen molar-refractivity contribution in [2.24, 2.45) is 5.16 Å². The van der Waals surface area contributed by atoms with E-state index in [0.29, 0.717) is 0 Å². The molecule has 1 aromatic heterocycles. The van der Waals surface area contributed by atoms with Crippen molar-refractivity contribution in [3.63, 3.8) is 0 Å². The first-order valence-electron chi connectivity index (χ1n) is 5.84. The van der Waals surface area contributed by atoms with Crippen LogP contribution in [0.5, 0.6) is 0 Å². The average molecular weight is 273 g/mol. The van der Waals surface area contributed by atoms with Crippen molar-refractivity contribution in [3.8, 4) is 5.69 Å².